The molecule has 0 radical (unpaired) electrons. The molecule has 2 unspecified atom stereocenters. The number of hydrazone groups is 1. The largest absolute Gasteiger partial charge is 0.303 e. The van der Waals surface area contributed by atoms with Crippen LogP contribution in [0.5, 0.6) is 0 Å². The third kappa shape index (κ3) is 5.56. The minimum atomic E-state index is -3.41. The molecule has 2 amide bonds. The molecule has 1 heterocycles. The van der Waals surface area contributed by atoms with Crippen LogP contribution < -0.4 is 10.0 Å². The number of carbonyl (C=O) groups is 2. The fourth-order valence-corrected chi connectivity index (χ4v) is 5.24. The van der Waals surface area contributed by atoms with Gasteiger partial charge in [0.05, 0.1) is 12.2 Å². The molecule has 2 N–H and O–H groups in total. The minimum Gasteiger partial charge on any atom is -0.303 e. The average molecular weight is 475 g/mol. The predicted molar refractivity (Wildman–Crippen MR) is 126 cm³/mol. The lowest BCUT2D eigenvalue weighted by molar-refractivity contribution is -0.132. The van der Waals surface area contributed by atoms with Gasteiger partial charge in [-0.25, -0.2) is 18.1 Å². The smallest absolute Gasteiger partial charge is 0.241 e. The van der Waals surface area contributed by atoms with Crippen molar-refractivity contribution in [3.05, 3.63) is 71.8 Å². The van der Waals surface area contributed by atoms with Crippen molar-refractivity contribution < 1.29 is 18.0 Å². The quantitative estimate of drug-likeness (QED) is 0.641. The molecule has 3 rings (SSSR count). The van der Waals surface area contributed by atoms with Gasteiger partial charge in [0, 0.05) is 19.9 Å². The maximum atomic E-state index is 12.9. The van der Waals surface area contributed by atoms with Gasteiger partial charge in [-0.3, -0.25) is 9.59 Å². The zero-order valence-electron chi connectivity index (χ0n) is 18.1. The highest BCUT2D eigenvalue weighted by atomic mass is 32.2. The van der Waals surface area contributed by atoms with E-state index in [2.05, 4.69) is 15.1 Å². The van der Waals surface area contributed by atoms with Crippen molar-refractivity contribution in [3.63, 3.8) is 0 Å². The van der Waals surface area contributed by atoms with Gasteiger partial charge in [-0.05, 0) is 18.1 Å². The van der Waals surface area contributed by atoms with Gasteiger partial charge in [-0.2, -0.15) is 0 Å². The summed E-state index contributed by atoms with van der Waals surface area (Å²) in [5, 5.41) is 8.84. The van der Waals surface area contributed by atoms with Gasteiger partial charge in [0.15, 0.2) is 5.17 Å². The van der Waals surface area contributed by atoms with Crippen LogP contribution in [0, 0.1) is 0 Å². The number of nitrogens with one attached hydrogen (secondary N) is 2. The molecule has 0 saturated heterocycles. The fraction of sp³-hybridized carbons (Fsp3) is 0.318. The van der Waals surface area contributed by atoms with Gasteiger partial charge in [0.25, 0.3) is 0 Å². The van der Waals surface area contributed by atoms with E-state index in [1.807, 2.05) is 60.7 Å². The zero-order valence-corrected chi connectivity index (χ0v) is 19.7. The number of benzene rings is 2. The molecule has 2 aromatic carbocycles. The van der Waals surface area contributed by atoms with Crippen LogP contribution in [-0.4, -0.2) is 43.2 Å². The first-order valence-electron chi connectivity index (χ1n) is 10.1. The predicted octanol–water partition coefficient (Wildman–Crippen LogP) is 2.56. The summed E-state index contributed by atoms with van der Waals surface area (Å²) >= 11 is 1.23. The van der Waals surface area contributed by atoms with E-state index in [-0.39, 0.29) is 29.9 Å². The van der Waals surface area contributed by atoms with E-state index >= 15 is 0 Å². The van der Waals surface area contributed by atoms with Crippen LogP contribution in [0.3, 0.4) is 0 Å². The second kappa shape index (κ2) is 9.85. The van der Waals surface area contributed by atoms with Gasteiger partial charge in [-0.1, -0.05) is 72.4 Å². The van der Waals surface area contributed by atoms with Crippen molar-refractivity contribution in [3.8, 4) is 0 Å². The van der Waals surface area contributed by atoms with E-state index in [0.717, 1.165) is 17.4 Å². The standard InChI is InChI=1S/C22H26N4O4S2/c1-16(18-10-6-4-7-11-18)20(28)24-21-25-26(17(2)27)22(31-21,14-15-23-32(3,29)30)19-12-8-5-9-13-19/h4-13,16,23H,14-15H2,1-3H3,(H,24,25,28). The van der Waals surface area contributed by atoms with Crippen molar-refractivity contribution in [2.75, 3.05) is 12.8 Å². The monoisotopic (exact) mass is 474 g/mol. The second-order valence-corrected chi connectivity index (χ2v) is 10.6. The van der Waals surface area contributed by atoms with Gasteiger partial charge >= 0.3 is 0 Å². The van der Waals surface area contributed by atoms with Crippen molar-refractivity contribution in [1.82, 2.24) is 15.0 Å². The molecular formula is C22H26N4O4S2. The summed E-state index contributed by atoms with van der Waals surface area (Å²) in [4.78, 5) is 24.4. The topological polar surface area (TPSA) is 108 Å². The SMILES string of the molecule is CC(=O)N1N=C(NC(=O)C(C)c2ccccc2)SC1(CCNS(C)(=O)=O)c1ccccc1. The Morgan fingerprint density at radius 2 is 1.69 bits per heavy atom. The van der Waals surface area contributed by atoms with Crippen molar-refractivity contribution >= 4 is 38.8 Å². The van der Waals surface area contributed by atoms with E-state index in [1.54, 1.807) is 6.92 Å². The molecule has 0 aliphatic carbocycles. The van der Waals surface area contributed by atoms with Gasteiger partial charge in [0.2, 0.25) is 21.8 Å². The number of thioether (sulfide) groups is 1. The normalized spacial score (nSPS) is 19.3. The molecule has 0 spiro atoms. The molecule has 0 bridgehead atoms. The van der Waals surface area contributed by atoms with Gasteiger partial charge in [0.1, 0.15) is 4.87 Å². The molecule has 1 aliphatic heterocycles. The molecule has 32 heavy (non-hydrogen) atoms. The first kappa shape index (κ1) is 24.0. The third-order valence-electron chi connectivity index (χ3n) is 5.07. The lowest BCUT2D eigenvalue weighted by atomic mass is 10.0. The molecular weight excluding hydrogens is 448 g/mol. The highest BCUT2D eigenvalue weighted by Crippen LogP contribution is 2.47. The number of carbonyl (C=O) groups excluding carboxylic acids is 2. The van der Waals surface area contributed by atoms with Crippen LogP contribution >= 0.6 is 11.8 Å². The van der Waals surface area contributed by atoms with Crippen LogP contribution in [0.1, 0.15) is 37.3 Å². The maximum absolute atomic E-state index is 12.9. The number of rotatable bonds is 7. The van der Waals surface area contributed by atoms with E-state index in [1.165, 1.54) is 23.7 Å². The maximum Gasteiger partial charge on any atom is 0.241 e. The molecule has 170 valence electrons. The molecule has 0 aromatic heterocycles. The average Bonchev–Trinajstić information content (AvgIpc) is 3.13. The molecule has 1 aliphatic rings. The number of nitrogens with zero attached hydrogens (tertiary/aromatic N) is 2. The van der Waals surface area contributed by atoms with E-state index < -0.39 is 20.8 Å². The Morgan fingerprint density at radius 3 is 2.25 bits per heavy atom. The second-order valence-electron chi connectivity index (χ2n) is 7.53. The van der Waals surface area contributed by atoms with Gasteiger partial charge < -0.3 is 5.32 Å². The third-order valence-corrected chi connectivity index (χ3v) is 7.13. The lowest BCUT2D eigenvalue weighted by Crippen LogP contribution is -2.43. The summed E-state index contributed by atoms with van der Waals surface area (Å²) in [6.07, 6.45) is 1.34. The summed E-state index contributed by atoms with van der Waals surface area (Å²) in [5.41, 5.74) is 1.64. The summed E-state index contributed by atoms with van der Waals surface area (Å²) in [5.74, 6) is -0.978. The summed E-state index contributed by atoms with van der Waals surface area (Å²) in [6, 6.07) is 18.6. The number of amides is 2. The highest BCUT2D eigenvalue weighted by Gasteiger charge is 2.47. The number of hydrogen-bond donors (Lipinski definition) is 2. The molecule has 8 nitrogen and oxygen atoms in total. The van der Waals surface area contributed by atoms with Crippen LogP contribution in [0.15, 0.2) is 65.8 Å². The van der Waals surface area contributed by atoms with E-state index in [0.29, 0.717) is 0 Å². The van der Waals surface area contributed by atoms with Crippen LogP contribution in [0.4, 0.5) is 0 Å². The summed E-state index contributed by atoms with van der Waals surface area (Å²) < 4.78 is 25.7. The number of sulfonamides is 1. The zero-order chi connectivity index (χ0) is 23.4. The Hall–Kier alpha value is -2.69. The van der Waals surface area contributed by atoms with Crippen molar-refractivity contribution in [1.29, 1.82) is 0 Å². The first-order valence-corrected chi connectivity index (χ1v) is 12.8. The van der Waals surface area contributed by atoms with Crippen LogP contribution in [0.25, 0.3) is 0 Å². The molecule has 0 fully saturated rings. The van der Waals surface area contributed by atoms with E-state index in [4.69, 9.17) is 0 Å². The molecule has 0 saturated carbocycles. The molecule has 10 heteroatoms. The molecule has 2 atom stereocenters. The number of hydrogen-bond acceptors (Lipinski definition) is 6. The Morgan fingerprint density at radius 1 is 1.09 bits per heavy atom. The summed E-state index contributed by atoms with van der Waals surface area (Å²) in [6.45, 7) is 3.29. The highest BCUT2D eigenvalue weighted by molar-refractivity contribution is 8.14. The Bertz CT molecular complexity index is 1110. The van der Waals surface area contributed by atoms with Crippen LogP contribution in [-0.2, 0) is 24.5 Å². The van der Waals surface area contributed by atoms with Crippen molar-refractivity contribution in [2.45, 2.75) is 31.1 Å². The number of amidine groups is 1. The fourth-order valence-electron chi connectivity index (χ4n) is 3.46. The summed E-state index contributed by atoms with van der Waals surface area (Å²) in [7, 11) is -3.41. The lowest BCUT2D eigenvalue weighted by Gasteiger charge is -2.35. The first-order chi connectivity index (χ1) is 15.1. The Labute approximate surface area is 192 Å². The van der Waals surface area contributed by atoms with Crippen LogP contribution in [0.2, 0.25) is 0 Å². The van der Waals surface area contributed by atoms with Crippen molar-refractivity contribution in [2.24, 2.45) is 5.10 Å². The Kier molecular flexibility index (Phi) is 7.37. The Balaban J connectivity index is 1.88. The minimum absolute atomic E-state index is 0.0989. The molecule has 2 aromatic rings. The van der Waals surface area contributed by atoms with E-state index in [9.17, 15) is 18.0 Å². The van der Waals surface area contributed by atoms with Gasteiger partial charge in [-0.15, -0.1) is 5.10 Å².